The molecule has 0 unspecified atom stereocenters. The molecule has 8 heteroatoms. The summed E-state index contributed by atoms with van der Waals surface area (Å²) in [7, 11) is 0. The average Bonchev–Trinajstić information content (AvgIpc) is 3.07. The Kier molecular flexibility index (Phi) is 7.36. The van der Waals surface area contributed by atoms with E-state index in [1.807, 2.05) is 18.2 Å². The van der Waals surface area contributed by atoms with Crippen molar-refractivity contribution in [1.29, 1.82) is 0 Å². The summed E-state index contributed by atoms with van der Waals surface area (Å²) in [6.07, 6.45) is 3.42. The molecule has 0 bridgehead atoms. The second-order valence-corrected chi connectivity index (χ2v) is 8.52. The minimum atomic E-state index is -0.330. The average molecular weight is 478 g/mol. The Morgan fingerprint density at radius 3 is 2.79 bits per heavy atom. The Balaban J connectivity index is 1.52. The van der Waals surface area contributed by atoms with E-state index in [4.69, 9.17) is 17.0 Å². The van der Waals surface area contributed by atoms with E-state index in [9.17, 15) is 4.79 Å². The number of ether oxygens (including phenoxy) is 1. The van der Waals surface area contributed by atoms with Gasteiger partial charge in [-0.05, 0) is 67.0 Å². The first kappa shape index (κ1) is 20.7. The second-order valence-electron chi connectivity index (χ2n) is 6.17. The number of hydrogen-bond acceptors (Lipinski definition) is 5. The normalized spacial score (nSPS) is 10.6. The molecule has 1 amide bonds. The van der Waals surface area contributed by atoms with Crippen LogP contribution in [0.2, 0.25) is 0 Å². The van der Waals surface area contributed by atoms with Gasteiger partial charge < -0.3 is 10.1 Å². The van der Waals surface area contributed by atoms with Crippen molar-refractivity contribution in [3.63, 3.8) is 0 Å². The molecule has 28 heavy (non-hydrogen) atoms. The molecular weight excluding hydrogens is 458 g/mol. The fourth-order valence-corrected chi connectivity index (χ4v) is 4.00. The molecule has 0 spiro atoms. The molecule has 3 rings (SSSR count). The lowest BCUT2D eigenvalue weighted by molar-refractivity contribution is -0.121. The van der Waals surface area contributed by atoms with Crippen molar-refractivity contribution in [2.45, 2.75) is 26.2 Å². The molecule has 2 N–H and O–H groups in total. The fourth-order valence-electron chi connectivity index (χ4n) is 2.53. The van der Waals surface area contributed by atoms with E-state index in [0.717, 1.165) is 21.1 Å². The molecule has 5 nitrogen and oxygen atoms in total. The SMILES string of the molecule is CCCCc1ccc2nc(NC(=S)NC(=O)COc3ccc(Br)cc3)sc2c1. The number of benzene rings is 2. The Morgan fingerprint density at radius 2 is 2.04 bits per heavy atom. The number of amides is 1. The van der Waals surface area contributed by atoms with Crippen LogP contribution in [0.1, 0.15) is 25.3 Å². The number of nitrogens with one attached hydrogen (secondary N) is 2. The first-order valence-electron chi connectivity index (χ1n) is 8.92. The van der Waals surface area contributed by atoms with Crippen LogP contribution in [0, 0.1) is 0 Å². The van der Waals surface area contributed by atoms with Crippen molar-refractivity contribution in [2.75, 3.05) is 11.9 Å². The van der Waals surface area contributed by atoms with Crippen molar-refractivity contribution in [2.24, 2.45) is 0 Å². The molecule has 0 saturated heterocycles. The van der Waals surface area contributed by atoms with E-state index < -0.39 is 0 Å². The summed E-state index contributed by atoms with van der Waals surface area (Å²) in [5.41, 5.74) is 2.23. The molecule has 0 aliphatic carbocycles. The third-order valence-electron chi connectivity index (χ3n) is 3.93. The lowest BCUT2D eigenvalue weighted by Crippen LogP contribution is -2.37. The van der Waals surface area contributed by atoms with Gasteiger partial charge in [-0.3, -0.25) is 10.1 Å². The number of fused-ring (bicyclic) bond motifs is 1. The summed E-state index contributed by atoms with van der Waals surface area (Å²) in [6, 6.07) is 13.6. The van der Waals surface area contributed by atoms with E-state index in [2.05, 4.69) is 50.6 Å². The number of halogens is 1. The van der Waals surface area contributed by atoms with Crippen LogP contribution in [0.3, 0.4) is 0 Å². The number of aryl methyl sites for hydroxylation is 1. The molecule has 0 aliphatic rings. The molecule has 0 aliphatic heterocycles. The third-order valence-corrected chi connectivity index (χ3v) is 5.60. The topological polar surface area (TPSA) is 63.2 Å². The van der Waals surface area contributed by atoms with Gasteiger partial charge in [-0.15, -0.1) is 0 Å². The van der Waals surface area contributed by atoms with Gasteiger partial charge in [-0.2, -0.15) is 0 Å². The number of thiazole rings is 1. The summed E-state index contributed by atoms with van der Waals surface area (Å²) in [6.45, 7) is 2.07. The second kappa shape index (κ2) is 9.95. The van der Waals surface area contributed by atoms with E-state index in [0.29, 0.717) is 10.9 Å². The molecule has 0 fully saturated rings. The summed E-state index contributed by atoms with van der Waals surface area (Å²) < 4.78 is 7.48. The summed E-state index contributed by atoms with van der Waals surface area (Å²) in [5, 5.41) is 6.44. The Hall–Kier alpha value is -2.03. The molecular formula is C20H20BrN3O2S2. The van der Waals surface area contributed by atoms with Crippen molar-refractivity contribution in [3.05, 3.63) is 52.5 Å². The number of rotatable bonds is 7. The number of thiocarbonyl (C=S) groups is 1. The number of carbonyl (C=O) groups excluding carboxylic acids is 1. The first-order valence-corrected chi connectivity index (χ1v) is 10.9. The van der Waals surface area contributed by atoms with Crippen molar-refractivity contribution in [3.8, 4) is 5.75 Å². The number of unbranched alkanes of at least 4 members (excludes halogenated alkanes) is 1. The van der Waals surface area contributed by atoms with Gasteiger partial charge in [0, 0.05) is 4.47 Å². The molecule has 0 atom stereocenters. The minimum absolute atomic E-state index is 0.121. The largest absolute Gasteiger partial charge is 0.484 e. The van der Waals surface area contributed by atoms with Gasteiger partial charge in [0.2, 0.25) is 0 Å². The Labute approximate surface area is 181 Å². The predicted molar refractivity (Wildman–Crippen MR) is 122 cm³/mol. The van der Waals surface area contributed by atoms with Crippen LogP contribution >= 0.6 is 39.5 Å². The zero-order valence-corrected chi connectivity index (χ0v) is 18.5. The van der Waals surface area contributed by atoms with Crippen LogP contribution in [-0.2, 0) is 11.2 Å². The third kappa shape index (κ3) is 5.98. The van der Waals surface area contributed by atoms with Crippen LogP contribution in [-0.4, -0.2) is 22.6 Å². The van der Waals surface area contributed by atoms with Crippen molar-refractivity contribution < 1.29 is 9.53 Å². The van der Waals surface area contributed by atoms with Gasteiger partial charge in [0.25, 0.3) is 5.91 Å². The highest BCUT2D eigenvalue weighted by atomic mass is 79.9. The quantitative estimate of drug-likeness (QED) is 0.452. The lowest BCUT2D eigenvalue weighted by Gasteiger charge is -2.08. The van der Waals surface area contributed by atoms with Crippen LogP contribution in [0.5, 0.6) is 5.75 Å². The van der Waals surface area contributed by atoms with E-state index in [-0.39, 0.29) is 17.6 Å². The molecule has 1 aromatic heterocycles. The van der Waals surface area contributed by atoms with Crippen LogP contribution in [0.15, 0.2) is 46.9 Å². The summed E-state index contributed by atoms with van der Waals surface area (Å²) in [5.74, 6) is 0.283. The van der Waals surface area contributed by atoms with Crippen molar-refractivity contribution in [1.82, 2.24) is 10.3 Å². The fraction of sp³-hybridized carbons (Fsp3) is 0.250. The number of carbonyl (C=O) groups is 1. The maximum Gasteiger partial charge on any atom is 0.264 e. The number of aromatic nitrogens is 1. The molecule has 0 radical (unpaired) electrons. The molecule has 3 aromatic rings. The van der Waals surface area contributed by atoms with Crippen LogP contribution in [0.25, 0.3) is 10.2 Å². The van der Waals surface area contributed by atoms with Gasteiger partial charge in [-0.25, -0.2) is 4.98 Å². The minimum Gasteiger partial charge on any atom is -0.484 e. The van der Waals surface area contributed by atoms with Crippen molar-refractivity contribution >= 4 is 65.9 Å². The van der Waals surface area contributed by atoms with Gasteiger partial charge in [-0.1, -0.05) is 46.7 Å². The highest BCUT2D eigenvalue weighted by Crippen LogP contribution is 2.27. The number of nitrogens with zero attached hydrogens (tertiary/aromatic N) is 1. The number of anilines is 1. The highest BCUT2D eigenvalue weighted by molar-refractivity contribution is 9.10. The van der Waals surface area contributed by atoms with Gasteiger partial charge in [0.05, 0.1) is 10.2 Å². The molecule has 0 saturated carbocycles. The monoisotopic (exact) mass is 477 g/mol. The maximum absolute atomic E-state index is 12.0. The van der Waals surface area contributed by atoms with Gasteiger partial charge in [0.15, 0.2) is 16.9 Å². The Morgan fingerprint density at radius 1 is 1.25 bits per heavy atom. The van der Waals surface area contributed by atoms with Crippen LogP contribution < -0.4 is 15.4 Å². The van der Waals surface area contributed by atoms with E-state index >= 15 is 0 Å². The van der Waals surface area contributed by atoms with E-state index in [1.54, 1.807) is 12.1 Å². The lowest BCUT2D eigenvalue weighted by atomic mass is 10.1. The zero-order chi connectivity index (χ0) is 19.9. The predicted octanol–water partition coefficient (Wildman–Crippen LogP) is 5.29. The first-order chi connectivity index (χ1) is 13.5. The van der Waals surface area contributed by atoms with Crippen LogP contribution in [0.4, 0.5) is 5.13 Å². The standard InChI is InChI=1S/C20H20BrN3O2S2/c1-2-3-4-13-5-10-16-17(11-13)28-20(22-16)24-19(27)23-18(25)12-26-15-8-6-14(21)7-9-15/h5-11H,2-4,12H2,1H3,(H2,22,23,24,25,27). The molecule has 146 valence electrons. The van der Waals surface area contributed by atoms with Gasteiger partial charge >= 0.3 is 0 Å². The summed E-state index contributed by atoms with van der Waals surface area (Å²) >= 11 is 10.1. The summed E-state index contributed by atoms with van der Waals surface area (Å²) in [4.78, 5) is 16.5. The highest BCUT2D eigenvalue weighted by Gasteiger charge is 2.09. The molecule has 2 aromatic carbocycles. The molecule has 1 heterocycles. The Bertz CT molecular complexity index is 973. The zero-order valence-electron chi connectivity index (χ0n) is 15.3. The number of hydrogen-bond donors (Lipinski definition) is 2. The van der Waals surface area contributed by atoms with Gasteiger partial charge in [0.1, 0.15) is 5.75 Å². The van der Waals surface area contributed by atoms with E-state index in [1.165, 1.54) is 29.7 Å². The maximum atomic E-state index is 12.0. The smallest absolute Gasteiger partial charge is 0.264 e.